The van der Waals surface area contributed by atoms with Crippen molar-refractivity contribution in [3.05, 3.63) is 29.8 Å². The van der Waals surface area contributed by atoms with Gasteiger partial charge in [0.05, 0.1) is 16.6 Å². The first kappa shape index (κ1) is 19.2. The lowest BCUT2D eigenvalue weighted by atomic mass is 9.99. The molecular formula is C17H24N2O5S. The van der Waals surface area contributed by atoms with Gasteiger partial charge in [0.15, 0.2) is 9.84 Å². The normalized spacial score (nSPS) is 19.3. The molecule has 1 aliphatic rings. The second-order valence-corrected chi connectivity index (χ2v) is 8.60. The summed E-state index contributed by atoms with van der Waals surface area (Å²) in [6, 6.07) is 5.58. The molecule has 1 saturated heterocycles. The highest BCUT2D eigenvalue weighted by Gasteiger charge is 2.29. The van der Waals surface area contributed by atoms with Gasteiger partial charge in [-0.05, 0) is 38.8 Å². The van der Waals surface area contributed by atoms with Crippen LogP contribution in [0, 0.1) is 12.8 Å². The van der Waals surface area contributed by atoms with Crippen molar-refractivity contribution in [3.63, 3.8) is 0 Å². The summed E-state index contributed by atoms with van der Waals surface area (Å²) in [5, 5.41) is 11.7. The molecular weight excluding hydrogens is 344 g/mol. The Balaban J connectivity index is 1.94. The fourth-order valence-electron chi connectivity index (χ4n) is 2.88. The molecule has 2 amide bonds. The van der Waals surface area contributed by atoms with E-state index in [1.165, 1.54) is 4.90 Å². The number of hydrogen-bond acceptors (Lipinski definition) is 4. The monoisotopic (exact) mass is 368 g/mol. The minimum Gasteiger partial charge on any atom is -0.481 e. The van der Waals surface area contributed by atoms with Crippen LogP contribution < -0.4 is 5.32 Å². The Hall–Kier alpha value is -2.09. The van der Waals surface area contributed by atoms with Crippen LogP contribution in [0.25, 0.3) is 0 Å². The maximum atomic E-state index is 12.4. The number of amides is 2. The van der Waals surface area contributed by atoms with Crippen LogP contribution in [-0.2, 0) is 14.6 Å². The van der Waals surface area contributed by atoms with E-state index in [-0.39, 0.29) is 17.2 Å². The average Bonchev–Trinajstić information content (AvgIpc) is 2.54. The molecule has 7 nitrogen and oxygen atoms in total. The number of nitrogens with one attached hydrogen (secondary N) is 1. The van der Waals surface area contributed by atoms with Crippen LogP contribution >= 0.6 is 0 Å². The van der Waals surface area contributed by atoms with Crippen LogP contribution in [0.4, 0.5) is 4.79 Å². The lowest BCUT2D eigenvalue weighted by Crippen LogP contribution is -2.50. The Kier molecular flexibility index (Phi) is 6.05. The Morgan fingerprint density at radius 3 is 2.56 bits per heavy atom. The van der Waals surface area contributed by atoms with Crippen molar-refractivity contribution in [1.29, 1.82) is 0 Å². The summed E-state index contributed by atoms with van der Waals surface area (Å²) in [6.45, 7) is 4.14. The minimum absolute atomic E-state index is 0.151. The number of carbonyl (C=O) groups excluding carboxylic acids is 1. The van der Waals surface area contributed by atoms with Crippen molar-refractivity contribution in [2.45, 2.75) is 37.6 Å². The SMILES string of the molecule is Cc1ccc(S(=O)(=O)CC(C)NC(=O)N2CCCC(C(=O)O)C2)cc1. The molecule has 1 aromatic rings. The summed E-state index contributed by atoms with van der Waals surface area (Å²) in [5.41, 5.74) is 0.971. The van der Waals surface area contributed by atoms with Gasteiger partial charge in [-0.2, -0.15) is 0 Å². The van der Waals surface area contributed by atoms with Gasteiger partial charge in [-0.3, -0.25) is 4.79 Å². The van der Waals surface area contributed by atoms with Crippen LogP contribution in [0.15, 0.2) is 29.2 Å². The third kappa shape index (κ3) is 5.19. The van der Waals surface area contributed by atoms with E-state index < -0.39 is 33.8 Å². The fraction of sp³-hybridized carbons (Fsp3) is 0.529. The molecule has 2 atom stereocenters. The molecule has 2 unspecified atom stereocenters. The van der Waals surface area contributed by atoms with Crippen LogP contribution in [0.2, 0.25) is 0 Å². The third-order valence-corrected chi connectivity index (χ3v) is 6.21. The number of rotatable bonds is 5. The summed E-state index contributed by atoms with van der Waals surface area (Å²) >= 11 is 0. The highest BCUT2D eigenvalue weighted by atomic mass is 32.2. The van der Waals surface area contributed by atoms with E-state index in [0.717, 1.165) is 5.56 Å². The molecule has 2 N–H and O–H groups in total. The molecule has 0 aromatic heterocycles. The number of piperidine rings is 1. The smallest absolute Gasteiger partial charge is 0.317 e. The van der Waals surface area contributed by atoms with E-state index in [4.69, 9.17) is 5.11 Å². The minimum atomic E-state index is -3.50. The molecule has 0 bridgehead atoms. The first-order valence-corrected chi connectivity index (χ1v) is 9.92. The summed E-state index contributed by atoms with van der Waals surface area (Å²) in [4.78, 5) is 25.0. The van der Waals surface area contributed by atoms with Crippen molar-refractivity contribution >= 4 is 21.8 Å². The standard InChI is InChI=1S/C17H24N2O5S/c1-12-5-7-15(8-6-12)25(23,24)11-13(2)18-17(22)19-9-3-4-14(10-19)16(20)21/h5-8,13-14H,3-4,9-11H2,1-2H3,(H,18,22)(H,20,21). The lowest BCUT2D eigenvalue weighted by Gasteiger charge is -2.31. The van der Waals surface area contributed by atoms with Gasteiger partial charge in [0.25, 0.3) is 0 Å². The maximum Gasteiger partial charge on any atom is 0.317 e. The maximum absolute atomic E-state index is 12.4. The summed E-state index contributed by atoms with van der Waals surface area (Å²) in [6.07, 6.45) is 1.18. The number of sulfone groups is 1. The zero-order valence-corrected chi connectivity index (χ0v) is 15.3. The van der Waals surface area contributed by atoms with E-state index in [1.807, 2.05) is 6.92 Å². The van der Waals surface area contributed by atoms with Gasteiger partial charge in [0.1, 0.15) is 0 Å². The van der Waals surface area contributed by atoms with Crippen LogP contribution in [0.3, 0.4) is 0 Å². The average molecular weight is 368 g/mol. The first-order chi connectivity index (χ1) is 11.7. The molecule has 0 aliphatic carbocycles. The molecule has 0 radical (unpaired) electrons. The number of hydrogen-bond donors (Lipinski definition) is 2. The van der Waals surface area contributed by atoms with Gasteiger partial charge >= 0.3 is 12.0 Å². The topological polar surface area (TPSA) is 104 Å². The molecule has 2 rings (SSSR count). The molecule has 1 aliphatic heterocycles. The summed E-state index contributed by atoms with van der Waals surface area (Å²) < 4.78 is 24.8. The van der Waals surface area contributed by atoms with Gasteiger partial charge in [0.2, 0.25) is 0 Å². The number of carboxylic acids is 1. The molecule has 1 fully saturated rings. The Labute approximate surface area is 147 Å². The van der Waals surface area contributed by atoms with Gasteiger partial charge in [-0.15, -0.1) is 0 Å². The predicted octanol–water partition coefficient (Wildman–Crippen LogP) is 1.66. The summed E-state index contributed by atoms with van der Waals surface area (Å²) in [5.74, 6) is -1.68. The molecule has 8 heteroatoms. The van der Waals surface area contributed by atoms with Crippen molar-refractivity contribution in [2.75, 3.05) is 18.8 Å². The Bertz CT molecular complexity index is 730. The predicted molar refractivity (Wildman–Crippen MR) is 93.2 cm³/mol. The van der Waals surface area contributed by atoms with Gasteiger partial charge in [-0.1, -0.05) is 17.7 Å². The highest BCUT2D eigenvalue weighted by Crippen LogP contribution is 2.17. The zero-order chi connectivity index (χ0) is 18.6. The molecule has 0 saturated carbocycles. The number of carbonyl (C=O) groups is 2. The fourth-order valence-corrected chi connectivity index (χ4v) is 4.36. The van der Waals surface area contributed by atoms with Gasteiger partial charge < -0.3 is 15.3 Å². The van der Waals surface area contributed by atoms with E-state index >= 15 is 0 Å². The van der Waals surface area contributed by atoms with Crippen molar-refractivity contribution in [3.8, 4) is 0 Å². The number of nitrogens with zero attached hydrogens (tertiary/aromatic N) is 1. The van der Waals surface area contributed by atoms with E-state index in [0.29, 0.717) is 19.4 Å². The number of carboxylic acid groups (broad SMARTS) is 1. The van der Waals surface area contributed by atoms with Crippen LogP contribution in [-0.4, -0.2) is 55.3 Å². The second kappa shape index (κ2) is 7.86. The largest absolute Gasteiger partial charge is 0.481 e. The first-order valence-electron chi connectivity index (χ1n) is 8.26. The number of benzene rings is 1. The molecule has 25 heavy (non-hydrogen) atoms. The second-order valence-electron chi connectivity index (χ2n) is 6.57. The zero-order valence-electron chi connectivity index (χ0n) is 14.4. The summed E-state index contributed by atoms with van der Waals surface area (Å²) in [7, 11) is -3.50. The van der Waals surface area contributed by atoms with E-state index in [1.54, 1.807) is 31.2 Å². The number of urea groups is 1. The van der Waals surface area contributed by atoms with Crippen LogP contribution in [0.5, 0.6) is 0 Å². The Morgan fingerprint density at radius 1 is 1.32 bits per heavy atom. The molecule has 1 heterocycles. The van der Waals surface area contributed by atoms with Crippen molar-refractivity contribution in [1.82, 2.24) is 10.2 Å². The molecule has 0 spiro atoms. The van der Waals surface area contributed by atoms with Gasteiger partial charge in [0, 0.05) is 19.1 Å². The molecule has 1 aromatic carbocycles. The number of aryl methyl sites for hydroxylation is 1. The number of aliphatic carboxylic acids is 1. The number of likely N-dealkylation sites (tertiary alicyclic amines) is 1. The highest BCUT2D eigenvalue weighted by molar-refractivity contribution is 7.91. The molecule has 138 valence electrons. The van der Waals surface area contributed by atoms with E-state index in [9.17, 15) is 18.0 Å². The lowest BCUT2D eigenvalue weighted by molar-refractivity contribution is -0.143. The van der Waals surface area contributed by atoms with Gasteiger partial charge in [-0.25, -0.2) is 13.2 Å². The van der Waals surface area contributed by atoms with Crippen LogP contribution in [0.1, 0.15) is 25.3 Å². The van der Waals surface area contributed by atoms with Crippen molar-refractivity contribution in [2.24, 2.45) is 5.92 Å². The third-order valence-electron chi connectivity index (χ3n) is 4.28. The Morgan fingerprint density at radius 2 is 1.96 bits per heavy atom. The van der Waals surface area contributed by atoms with Crippen molar-refractivity contribution < 1.29 is 23.1 Å². The van der Waals surface area contributed by atoms with E-state index in [2.05, 4.69) is 5.32 Å². The quantitative estimate of drug-likeness (QED) is 0.823.